The Labute approximate surface area is 163 Å². The highest BCUT2D eigenvalue weighted by Gasteiger charge is 2.26. The monoisotopic (exact) mass is 387 g/mol. The van der Waals surface area contributed by atoms with Gasteiger partial charge in [0.15, 0.2) is 0 Å². The lowest BCUT2D eigenvalue weighted by Gasteiger charge is -2.23. The predicted octanol–water partition coefficient (Wildman–Crippen LogP) is 3.22. The molecular weight excluding hydrogens is 366 g/mol. The Morgan fingerprint density at radius 1 is 1.00 bits per heavy atom. The second-order valence-corrected chi connectivity index (χ2v) is 6.71. The van der Waals surface area contributed by atoms with Crippen LogP contribution in [0.25, 0.3) is 0 Å². The molecule has 0 aliphatic heterocycles. The molecule has 0 aliphatic rings. The van der Waals surface area contributed by atoms with Crippen molar-refractivity contribution in [2.75, 3.05) is 5.32 Å². The van der Waals surface area contributed by atoms with Gasteiger partial charge in [0.05, 0.1) is 0 Å². The predicted molar refractivity (Wildman–Crippen MR) is 106 cm³/mol. The third-order valence-electron chi connectivity index (χ3n) is 4.33. The number of primary amides is 1. The van der Waals surface area contributed by atoms with Gasteiger partial charge in [-0.15, -0.1) is 0 Å². The topological polar surface area (TPSA) is 101 Å². The number of nitrogens with one attached hydrogen (secondary N) is 2. The zero-order valence-corrected chi connectivity index (χ0v) is 15.9. The standard InChI is InChI=1S/C20H22ClN3O3/c1-3-12(2)17(24-19(26)14-4-8-15(21)9-5-14)20(27)23-16-10-6-13(7-11-16)18(22)25/h4-12,17H,3H2,1-2H3,(H2,22,25)(H,23,27)(H,24,26). The summed E-state index contributed by atoms with van der Waals surface area (Å²) in [5.74, 6) is -1.30. The summed E-state index contributed by atoms with van der Waals surface area (Å²) < 4.78 is 0. The van der Waals surface area contributed by atoms with Gasteiger partial charge in [-0.2, -0.15) is 0 Å². The summed E-state index contributed by atoms with van der Waals surface area (Å²) in [6.07, 6.45) is 0.708. The zero-order chi connectivity index (χ0) is 20.0. The molecule has 0 heterocycles. The SMILES string of the molecule is CCC(C)C(NC(=O)c1ccc(Cl)cc1)C(=O)Nc1ccc(C(N)=O)cc1. The van der Waals surface area contributed by atoms with Crippen LogP contribution in [0.4, 0.5) is 5.69 Å². The van der Waals surface area contributed by atoms with E-state index in [1.165, 1.54) is 12.1 Å². The summed E-state index contributed by atoms with van der Waals surface area (Å²) in [4.78, 5) is 36.3. The Kier molecular flexibility index (Phi) is 6.96. The van der Waals surface area contributed by atoms with Gasteiger partial charge in [0.1, 0.15) is 6.04 Å². The number of rotatable bonds is 7. The first kappa shape index (κ1) is 20.5. The molecule has 2 aromatic rings. The van der Waals surface area contributed by atoms with Gasteiger partial charge in [-0.25, -0.2) is 0 Å². The van der Waals surface area contributed by atoms with Crippen molar-refractivity contribution >= 4 is 35.0 Å². The molecule has 2 atom stereocenters. The molecule has 0 bridgehead atoms. The molecule has 2 rings (SSSR count). The average Bonchev–Trinajstić information content (AvgIpc) is 2.66. The minimum atomic E-state index is -0.714. The van der Waals surface area contributed by atoms with Gasteiger partial charge in [-0.05, 0) is 54.4 Å². The number of carbonyl (C=O) groups excluding carboxylic acids is 3. The number of benzene rings is 2. The summed E-state index contributed by atoms with van der Waals surface area (Å²) in [5, 5.41) is 6.08. The van der Waals surface area contributed by atoms with Crippen molar-refractivity contribution in [1.29, 1.82) is 0 Å². The molecule has 4 N–H and O–H groups in total. The number of carbonyl (C=O) groups is 3. The highest BCUT2D eigenvalue weighted by atomic mass is 35.5. The van der Waals surface area contributed by atoms with E-state index in [9.17, 15) is 14.4 Å². The Bertz CT molecular complexity index is 819. The lowest BCUT2D eigenvalue weighted by Crippen LogP contribution is -2.47. The molecule has 0 spiro atoms. The molecule has 142 valence electrons. The third-order valence-corrected chi connectivity index (χ3v) is 4.58. The molecule has 0 fully saturated rings. The minimum absolute atomic E-state index is 0.0776. The third kappa shape index (κ3) is 5.56. The molecule has 0 aliphatic carbocycles. The van der Waals surface area contributed by atoms with Gasteiger partial charge in [-0.1, -0.05) is 31.9 Å². The van der Waals surface area contributed by atoms with Gasteiger partial charge in [0.2, 0.25) is 11.8 Å². The van der Waals surface area contributed by atoms with Crippen LogP contribution in [0.15, 0.2) is 48.5 Å². The highest BCUT2D eigenvalue weighted by molar-refractivity contribution is 6.30. The maximum atomic E-state index is 12.7. The fourth-order valence-electron chi connectivity index (χ4n) is 2.47. The van der Waals surface area contributed by atoms with Crippen LogP contribution in [0.2, 0.25) is 5.02 Å². The molecule has 7 heteroatoms. The van der Waals surface area contributed by atoms with E-state index in [2.05, 4.69) is 10.6 Å². The summed E-state index contributed by atoms with van der Waals surface area (Å²) in [5.41, 5.74) is 6.49. The van der Waals surface area contributed by atoms with Crippen LogP contribution in [0.5, 0.6) is 0 Å². The lowest BCUT2D eigenvalue weighted by atomic mass is 9.97. The summed E-state index contributed by atoms with van der Waals surface area (Å²) >= 11 is 5.84. The Morgan fingerprint density at radius 3 is 2.07 bits per heavy atom. The number of amides is 3. The number of nitrogens with two attached hydrogens (primary N) is 1. The van der Waals surface area contributed by atoms with E-state index in [-0.39, 0.29) is 17.7 Å². The molecule has 6 nitrogen and oxygen atoms in total. The van der Waals surface area contributed by atoms with Crippen LogP contribution >= 0.6 is 11.6 Å². The van der Waals surface area contributed by atoms with Crippen LogP contribution in [0.3, 0.4) is 0 Å². The summed E-state index contributed by atoms with van der Waals surface area (Å²) in [6.45, 7) is 3.84. The molecule has 0 aromatic heterocycles. The van der Waals surface area contributed by atoms with E-state index in [0.717, 1.165) is 0 Å². The second kappa shape index (κ2) is 9.19. The van der Waals surface area contributed by atoms with Crippen LogP contribution in [0, 0.1) is 5.92 Å². The fraction of sp³-hybridized carbons (Fsp3) is 0.250. The maximum absolute atomic E-state index is 12.7. The van der Waals surface area contributed by atoms with E-state index >= 15 is 0 Å². The Hall–Kier alpha value is -2.86. The average molecular weight is 388 g/mol. The van der Waals surface area contributed by atoms with Crippen LogP contribution in [-0.2, 0) is 4.79 Å². The number of hydrogen-bond donors (Lipinski definition) is 3. The van der Waals surface area contributed by atoms with Crippen LogP contribution < -0.4 is 16.4 Å². The highest BCUT2D eigenvalue weighted by Crippen LogP contribution is 2.15. The Balaban J connectivity index is 2.12. The molecule has 0 saturated carbocycles. The molecule has 2 aromatic carbocycles. The first-order chi connectivity index (χ1) is 12.8. The normalized spacial score (nSPS) is 12.7. The molecule has 2 unspecified atom stereocenters. The summed E-state index contributed by atoms with van der Waals surface area (Å²) in [7, 11) is 0. The molecular formula is C20H22ClN3O3. The second-order valence-electron chi connectivity index (χ2n) is 6.27. The molecule has 3 amide bonds. The van der Waals surface area contributed by atoms with Crippen molar-refractivity contribution in [2.45, 2.75) is 26.3 Å². The van der Waals surface area contributed by atoms with Crippen molar-refractivity contribution in [2.24, 2.45) is 11.7 Å². The fourth-order valence-corrected chi connectivity index (χ4v) is 2.59. The van der Waals surface area contributed by atoms with Gasteiger partial charge < -0.3 is 16.4 Å². The number of hydrogen-bond acceptors (Lipinski definition) is 3. The number of halogens is 1. The van der Waals surface area contributed by atoms with Crippen molar-refractivity contribution in [3.63, 3.8) is 0 Å². The zero-order valence-electron chi connectivity index (χ0n) is 15.2. The van der Waals surface area contributed by atoms with E-state index < -0.39 is 11.9 Å². The minimum Gasteiger partial charge on any atom is -0.366 e. The van der Waals surface area contributed by atoms with E-state index in [4.69, 9.17) is 17.3 Å². The van der Waals surface area contributed by atoms with Gasteiger partial charge in [0, 0.05) is 21.8 Å². The van der Waals surface area contributed by atoms with Crippen molar-refractivity contribution < 1.29 is 14.4 Å². The quantitative estimate of drug-likeness (QED) is 0.679. The van der Waals surface area contributed by atoms with Crippen molar-refractivity contribution in [3.05, 3.63) is 64.7 Å². The number of anilines is 1. The lowest BCUT2D eigenvalue weighted by molar-refractivity contribution is -0.119. The Morgan fingerprint density at radius 2 is 1.56 bits per heavy atom. The smallest absolute Gasteiger partial charge is 0.251 e. The van der Waals surface area contributed by atoms with Crippen LogP contribution in [-0.4, -0.2) is 23.8 Å². The largest absolute Gasteiger partial charge is 0.366 e. The van der Waals surface area contributed by atoms with E-state index in [1.807, 2.05) is 13.8 Å². The van der Waals surface area contributed by atoms with E-state index in [0.29, 0.717) is 28.3 Å². The van der Waals surface area contributed by atoms with Gasteiger partial charge in [-0.3, -0.25) is 14.4 Å². The van der Waals surface area contributed by atoms with Gasteiger partial charge in [0.25, 0.3) is 5.91 Å². The molecule has 0 saturated heterocycles. The first-order valence-electron chi connectivity index (χ1n) is 8.59. The molecule has 0 radical (unpaired) electrons. The summed E-state index contributed by atoms with van der Waals surface area (Å²) in [6, 6.07) is 12.0. The first-order valence-corrected chi connectivity index (χ1v) is 8.96. The van der Waals surface area contributed by atoms with Crippen molar-refractivity contribution in [3.8, 4) is 0 Å². The van der Waals surface area contributed by atoms with E-state index in [1.54, 1.807) is 36.4 Å². The van der Waals surface area contributed by atoms with Crippen LogP contribution in [0.1, 0.15) is 41.0 Å². The van der Waals surface area contributed by atoms with Crippen molar-refractivity contribution in [1.82, 2.24) is 5.32 Å². The maximum Gasteiger partial charge on any atom is 0.251 e. The van der Waals surface area contributed by atoms with Gasteiger partial charge >= 0.3 is 0 Å². The molecule has 27 heavy (non-hydrogen) atoms.